The molecule has 0 spiro atoms. The van der Waals surface area contributed by atoms with E-state index in [0.29, 0.717) is 39.2 Å². The van der Waals surface area contributed by atoms with Gasteiger partial charge in [-0.25, -0.2) is 9.07 Å². The van der Waals surface area contributed by atoms with Gasteiger partial charge in [0.15, 0.2) is 5.60 Å². The molecule has 0 fully saturated rings. The number of rotatable bonds is 8. The van der Waals surface area contributed by atoms with Gasteiger partial charge >= 0.3 is 0 Å². The molecule has 1 atom stereocenters. The fourth-order valence-electron chi connectivity index (χ4n) is 4.20. The number of benzene rings is 4. The van der Waals surface area contributed by atoms with Gasteiger partial charge in [0, 0.05) is 21.3 Å². The molecule has 4 aromatic carbocycles. The van der Waals surface area contributed by atoms with Crippen LogP contribution in [0.25, 0.3) is 11.3 Å². The number of aromatic nitrogens is 3. The highest BCUT2D eigenvalue weighted by atomic mass is 35.5. The number of anilines is 1. The maximum absolute atomic E-state index is 13.5. The van der Waals surface area contributed by atoms with Crippen molar-refractivity contribution in [1.29, 1.82) is 0 Å². The summed E-state index contributed by atoms with van der Waals surface area (Å²) < 4.78 is 15.2. The minimum Gasteiger partial charge on any atom is -0.381 e. The summed E-state index contributed by atoms with van der Waals surface area (Å²) in [5.74, 6) is -0.340. The van der Waals surface area contributed by atoms with E-state index in [1.165, 1.54) is 12.1 Å². The molecule has 0 saturated heterocycles. The molecule has 0 aliphatic heterocycles. The van der Waals surface area contributed by atoms with Crippen LogP contribution in [0, 0.1) is 5.82 Å². The predicted molar refractivity (Wildman–Crippen MR) is 145 cm³/mol. The molecule has 0 saturated carbocycles. The summed E-state index contributed by atoms with van der Waals surface area (Å²) in [6.45, 7) is 0.499. The lowest BCUT2D eigenvalue weighted by Gasteiger charge is -2.29. The molecule has 0 bridgehead atoms. The van der Waals surface area contributed by atoms with Gasteiger partial charge in [-0.2, -0.15) is 0 Å². The number of nitrogens with zero attached hydrogens (tertiary/aromatic N) is 3. The van der Waals surface area contributed by atoms with Crippen molar-refractivity contribution in [2.45, 2.75) is 12.1 Å². The third-order valence-electron chi connectivity index (χ3n) is 6.13. The van der Waals surface area contributed by atoms with Gasteiger partial charge in [-0.05, 0) is 59.7 Å². The van der Waals surface area contributed by atoms with Gasteiger partial charge in [-0.15, -0.1) is 5.10 Å². The summed E-state index contributed by atoms with van der Waals surface area (Å²) in [7, 11) is 0. The van der Waals surface area contributed by atoms with Crippen LogP contribution in [-0.2, 0) is 12.1 Å². The van der Waals surface area contributed by atoms with Crippen LogP contribution in [-0.4, -0.2) is 26.6 Å². The van der Waals surface area contributed by atoms with Gasteiger partial charge in [0.05, 0.1) is 18.8 Å². The fraction of sp³-hybridized carbons (Fsp3) is 0.103. The van der Waals surface area contributed by atoms with Crippen LogP contribution in [0.15, 0.2) is 103 Å². The standard InChI is InChI=1S/C29H23Cl2FN4O/c30-23-10-6-21(7-11-23)27-28(34-35-36(27)18-20-4-2-1-3-5-20)29(37,22-8-12-24(31)13-9-22)19-33-26-16-14-25(32)15-17-26/h1-17,33,37H,18-19H2. The predicted octanol–water partition coefficient (Wildman–Crippen LogP) is 6.79. The molecular weight excluding hydrogens is 510 g/mol. The number of hydrogen-bond acceptors (Lipinski definition) is 4. The molecule has 186 valence electrons. The number of nitrogens with one attached hydrogen (secondary N) is 1. The SMILES string of the molecule is OC(CNc1ccc(F)cc1)(c1ccc(Cl)cc1)c1nnn(Cc2ccccc2)c1-c1ccc(Cl)cc1. The van der Waals surface area contributed by atoms with Gasteiger partial charge in [0.2, 0.25) is 0 Å². The molecule has 5 rings (SSSR count). The molecule has 1 heterocycles. The highest BCUT2D eigenvalue weighted by molar-refractivity contribution is 6.30. The molecule has 1 aromatic heterocycles. The van der Waals surface area contributed by atoms with Gasteiger partial charge in [0.25, 0.3) is 0 Å². The first-order valence-corrected chi connectivity index (χ1v) is 12.4. The van der Waals surface area contributed by atoms with Gasteiger partial charge in [0.1, 0.15) is 11.5 Å². The van der Waals surface area contributed by atoms with E-state index >= 15 is 0 Å². The van der Waals surface area contributed by atoms with E-state index in [0.717, 1.165) is 11.1 Å². The third kappa shape index (κ3) is 5.52. The molecule has 0 aliphatic carbocycles. The van der Waals surface area contributed by atoms with Gasteiger partial charge < -0.3 is 10.4 Å². The topological polar surface area (TPSA) is 63.0 Å². The second kappa shape index (κ2) is 10.7. The molecule has 0 radical (unpaired) electrons. The van der Waals surface area contributed by atoms with Crippen LogP contribution >= 0.6 is 23.2 Å². The molecular formula is C29H23Cl2FN4O. The van der Waals surface area contributed by atoms with Crippen LogP contribution in [0.4, 0.5) is 10.1 Å². The average Bonchev–Trinajstić information content (AvgIpc) is 3.33. The van der Waals surface area contributed by atoms with E-state index in [9.17, 15) is 9.50 Å². The monoisotopic (exact) mass is 532 g/mol. The summed E-state index contributed by atoms with van der Waals surface area (Å²) in [4.78, 5) is 0. The van der Waals surface area contributed by atoms with Crippen LogP contribution in [0.5, 0.6) is 0 Å². The third-order valence-corrected chi connectivity index (χ3v) is 6.64. The Hall–Kier alpha value is -3.71. The second-order valence-corrected chi connectivity index (χ2v) is 9.54. The minimum absolute atomic E-state index is 0.0465. The Kier molecular flexibility index (Phi) is 7.24. The zero-order chi connectivity index (χ0) is 25.8. The van der Waals surface area contributed by atoms with Crippen LogP contribution in [0.1, 0.15) is 16.8 Å². The molecule has 5 aromatic rings. The molecule has 0 aliphatic rings. The molecule has 5 nitrogen and oxygen atoms in total. The Balaban J connectivity index is 1.64. The first-order chi connectivity index (χ1) is 17.9. The van der Waals surface area contributed by atoms with Crippen molar-refractivity contribution in [2.75, 3.05) is 11.9 Å². The molecule has 1 unspecified atom stereocenters. The lowest BCUT2D eigenvalue weighted by atomic mass is 9.87. The number of halogens is 3. The molecule has 0 amide bonds. The molecule has 37 heavy (non-hydrogen) atoms. The van der Waals surface area contributed by atoms with Crippen molar-refractivity contribution in [2.24, 2.45) is 0 Å². The van der Waals surface area contributed by atoms with Crippen LogP contribution < -0.4 is 5.32 Å². The lowest BCUT2D eigenvalue weighted by molar-refractivity contribution is 0.0907. The summed E-state index contributed by atoms with van der Waals surface area (Å²) in [6, 6.07) is 30.1. The molecule has 8 heteroatoms. The van der Waals surface area contributed by atoms with E-state index in [1.807, 2.05) is 42.5 Å². The summed E-state index contributed by atoms with van der Waals surface area (Å²) in [5.41, 5.74) is 2.47. The Bertz CT molecular complexity index is 1470. The van der Waals surface area contributed by atoms with Crippen molar-refractivity contribution < 1.29 is 9.50 Å². The lowest BCUT2D eigenvalue weighted by Crippen LogP contribution is -2.36. The van der Waals surface area contributed by atoms with Crippen molar-refractivity contribution >= 4 is 28.9 Å². The Morgan fingerprint density at radius 3 is 2.08 bits per heavy atom. The van der Waals surface area contributed by atoms with E-state index in [-0.39, 0.29) is 12.4 Å². The average molecular weight is 533 g/mol. The van der Waals surface area contributed by atoms with E-state index in [1.54, 1.807) is 53.2 Å². The van der Waals surface area contributed by atoms with Gasteiger partial charge in [-0.1, -0.05) is 83.0 Å². The largest absolute Gasteiger partial charge is 0.381 e. The normalized spacial score (nSPS) is 12.8. The maximum atomic E-state index is 13.5. The maximum Gasteiger partial charge on any atom is 0.153 e. The summed E-state index contributed by atoms with van der Waals surface area (Å²) in [6.07, 6.45) is 0. The second-order valence-electron chi connectivity index (χ2n) is 8.66. The molecule has 2 N–H and O–H groups in total. The highest BCUT2D eigenvalue weighted by Gasteiger charge is 2.38. The quantitative estimate of drug-likeness (QED) is 0.231. The van der Waals surface area contributed by atoms with Crippen molar-refractivity contribution in [3.63, 3.8) is 0 Å². The summed E-state index contributed by atoms with van der Waals surface area (Å²) in [5, 5.41) is 25.6. The summed E-state index contributed by atoms with van der Waals surface area (Å²) >= 11 is 12.3. The van der Waals surface area contributed by atoms with Crippen molar-refractivity contribution in [3.8, 4) is 11.3 Å². The Morgan fingerprint density at radius 1 is 0.811 bits per heavy atom. The Morgan fingerprint density at radius 2 is 1.43 bits per heavy atom. The highest BCUT2D eigenvalue weighted by Crippen LogP contribution is 2.37. The van der Waals surface area contributed by atoms with Crippen molar-refractivity contribution in [1.82, 2.24) is 15.0 Å². The minimum atomic E-state index is -1.61. The first-order valence-electron chi connectivity index (χ1n) is 11.6. The smallest absolute Gasteiger partial charge is 0.153 e. The van der Waals surface area contributed by atoms with Crippen LogP contribution in [0.3, 0.4) is 0 Å². The van der Waals surface area contributed by atoms with E-state index in [2.05, 4.69) is 15.6 Å². The first kappa shape index (κ1) is 25.0. The fourth-order valence-corrected chi connectivity index (χ4v) is 4.45. The van der Waals surface area contributed by atoms with Crippen LogP contribution in [0.2, 0.25) is 10.0 Å². The Labute approximate surface area is 224 Å². The van der Waals surface area contributed by atoms with Crippen molar-refractivity contribution in [3.05, 3.63) is 136 Å². The number of aliphatic hydroxyl groups is 1. The number of hydrogen-bond donors (Lipinski definition) is 2. The zero-order valence-electron chi connectivity index (χ0n) is 19.7. The zero-order valence-corrected chi connectivity index (χ0v) is 21.2. The van der Waals surface area contributed by atoms with Gasteiger partial charge in [-0.3, -0.25) is 0 Å². The van der Waals surface area contributed by atoms with E-state index < -0.39 is 5.60 Å². The van der Waals surface area contributed by atoms with E-state index in [4.69, 9.17) is 23.2 Å².